The smallest absolute Gasteiger partial charge is 0.265 e. The summed E-state index contributed by atoms with van der Waals surface area (Å²) in [7, 11) is -3.64. The van der Waals surface area contributed by atoms with Crippen LogP contribution < -0.4 is 19.7 Å². The Balaban J connectivity index is 1.22. The lowest BCUT2D eigenvalue weighted by Crippen LogP contribution is -2.41. The van der Waals surface area contributed by atoms with E-state index < -0.39 is 15.9 Å². The summed E-state index contributed by atoms with van der Waals surface area (Å²) in [4.78, 5) is 27.1. The zero-order valence-corrected chi connectivity index (χ0v) is 22.3. The molecule has 0 atom stereocenters. The quantitative estimate of drug-likeness (QED) is 0.458. The van der Waals surface area contributed by atoms with Gasteiger partial charge in [-0.05, 0) is 55.5 Å². The first-order valence-corrected chi connectivity index (χ1v) is 14.0. The number of hydrogen-bond donors (Lipinski definition) is 1. The topological polar surface area (TPSA) is 114 Å². The van der Waals surface area contributed by atoms with Crippen LogP contribution in [-0.4, -0.2) is 70.6 Å². The molecule has 0 saturated carbocycles. The Morgan fingerprint density at radius 3 is 2.44 bits per heavy atom. The predicted octanol–water partition coefficient (Wildman–Crippen LogP) is 3.07. The molecular weight excluding hydrogens is 522 g/mol. The number of fused-ring (bicyclic) bond motifs is 1. The molecule has 1 saturated heterocycles. The monoisotopic (exact) mass is 551 g/mol. The maximum atomic E-state index is 12.8. The van der Waals surface area contributed by atoms with E-state index in [1.165, 1.54) is 28.6 Å². The van der Waals surface area contributed by atoms with Gasteiger partial charge in [0, 0.05) is 30.4 Å². The fourth-order valence-corrected chi connectivity index (χ4v) is 5.74. The molecule has 5 rings (SSSR count). The highest BCUT2D eigenvalue weighted by Crippen LogP contribution is 2.34. The fourth-order valence-electron chi connectivity index (χ4n) is 4.33. The molecule has 0 bridgehead atoms. The lowest BCUT2D eigenvalue weighted by molar-refractivity contribution is -0.121. The second-order valence-corrected chi connectivity index (χ2v) is 11.1. The normalized spacial score (nSPS) is 15.8. The average Bonchev–Trinajstić information content (AvgIpc) is 2.96. The number of aryl methyl sites for hydroxylation is 1. The van der Waals surface area contributed by atoms with E-state index >= 15 is 0 Å². The SMILES string of the molecule is Cc1ccc(OCCN2C(=O)COc3cc(NC(=O)c4ccc(S(=O)(=O)N5CCOCC5)cc4)ccc32)cc1. The van der Waals surface area contributed by atoms with E-state index in [-0.39, 0.29) is 17.4 Å². The van der Waals surface area contributed by atoms with E-state index in [2.05, 4.69) is 5.32 Å². The van der Waals surface area contributed by atoms with Crippen molar-refractivity contribution in [1.29, 1.82) is 0 Å². The van der Waals surface area contributed by atoms with Crippen molar-refractivity contribution in [3.63, 3.8) is 0 Å². The van der Waals surface area contributed by atoms with Gasteiger partial charge in [0.2, 0.25) is 10.0 Å². The van der Waals surface area contributed by atoms with E-state index in [0.29, 0.717) is 62.1 Å². The first-order chi connectivity index (χ1) is 18.8. The van der Waals surface area contributed by atoms with Gasteiger partial charge in [0.05, 0.1) is 30.3 Å². The van der Waals surface area contributed by atoms with Crippen LogP contribution >= 0.6 is 0 Å². The van der Waals surface area contributed by atoms with Gasteiger partial charge in [-0.3, -0.25) is 9.59 Å². The standard InChI is InChI=1S/C28H29N3O7S/c1-20-2-7-23(8-3-20)37-17-14-31-25-11-6-22(18-26(25)38-19-27(31)32)29-28(33)21-4-9-24(10-5-21)39(34,35)30-12-15-36-16-13-30/h2-11,18H,12-17,19H2,1H3,(H,29,33). The van der Waals surface area contributed by atoms with Crippen molar-refractivity contribution in [1.82, 2.24) is 4.31 Å². The van der Waals surface area contributed by atoms with Gasteiger partial charge in [-0.1, -0.05) is 17.7 Å². The average molecular weight is 552 g/mol. The molecule has 1 N–H and O–H groups in total. The summed E-state index contributed by atoms with van der Waals surface area (Å²) in [6, 6.07) is 18.6. The molecule has 2 heterocycles. The molecule has 0 aliphatic carbocycles. The molecule has 11 heteroatoms. The van der Waals surface area contributed by atoms with Gasteiger partial charge >= 0.3 is 0 Å². The Labute approximate surface area is 227 Å². The van der Waals surface area contributed by atoms with Crippen molar-refractivity contribution in [2.45, 2.75) is 11.8 Å². The van der Waals surface area contributed by atoms with Crippen LogP contribution in [0.25, 0.3) is 0 Å². The van der Waals surface area contributed by atoms with Crippen LogP contribution in [0.3, 0.4) is 0 Å². The van der Waals surface area contributed by atoms with Crippen molar-refractivity contribution in [2.24, 2.45) is 0 Å². The molecule has 2 amide bonds. The summed E-state index contributed by atoms with van der Waals surface area (Å²) < 4.78 is 43.6. The molecule has 10 nitrogen and oxygen atoms in total. The number of ether oxygens (including phenoxy) is 3. The minimum atomic E-state index is -3.64. The zero-order chi connectivity index (χ0) is 27.4. The zero-order valence-electron chi connectivity index (χ0n) is 21.5. The summed E-state index contributed by atoms with van der Waals surface area (Å²) in [6.07, 6.45) is 0. The number of rotatable bonds is 8. The number of morpholine rings is 1. The second-order valence-electron chi connectivity index (χ2n) is 9.17. The van der Waals surface area contributed by atoms with Gasteiger partial charge in [0.25, 0.3) is 11.8 Å². The summed E-state index contributed by atoms with van der Waals surface area (Å²) in [6.45, 7) is 3.85. The van der Waals surface area contributed by atoms with E-state index in [1.807, 2.05) is 31.2 Å². The molecule has 0 spiro atoms. The summed E-state index contributed by atoms with van der Waals surface area (Å²) >= 11 is 0. The lowest BCUT2D eigenvalue weighted by Gasteiger charge is -2.29. The highest BCUT2D eigenvalue weighted by Gasteiger charge is 2.27. The van der Waals surface area contributed by atoms with Crippen molar-refractivity contribution in [3.05, 3.63) is 77.9 Å². The highest BCUT2D eigenvalue weighted by molar-refractivity contribution is 7.89. The van der Waals surface area contributed by atoms with Gasteiger partial charge in [-0.2, -0.15) is 4.31 Å². The maximum Gasteiger partial charge on any atom is 0.265 e. The van der Waals surface area contributed by atoms with Gasteiger partial charge in [0.1, 0.15) is 18.1 Å². The number of amides is 2. The van der Waals surface area contributed by atoms with Crippen LogP contribution in [0.4, 0.5) is 11.4 Å². The van der Waals surface area contributed by atoms with Crippen LogP contribution in [0.15, 0.2) is 71.6 Å². The number of carbonyl (C=O) groups excluding carboxylic acids is 2. The van der Waals surface area contributed by atoms with Crippen LogP contribution in [-0.2, 0) is 19.6 Å². The molecule has 3 aromatic rings. The van der Waals surface area contributed by atoms with Gasteiger partial charge in [-0.15, -0.1) is 0 Å². The molecule has 0 unspecified atom stereocenters. The number of benzene rings is 3. The predicted molar refractivity (Wildman–Crippen MR) is 145 cm³/mol. The summed E-state index contributed by atoms with van der Waals surface area (Å²) in [5.41, 5.74) is 2.51. The Morgan fingerprint density at radius 1 is 1.00 bits per heavy atom. The lowest BCUT2D eigenvalue weighted by atomic mass is 10.2. The van der Waals surface area contributed by atoms with Crippen LogP contribution in [0.5, 0.6) is 11.5 Å². The molecular formula is C28H29N3O7S. The second kappa shape index (κ2) is 11.4. The minimum Gasteiger partial charge on any atom is -0.492 e. The summed E-state index contributed by atoms with van der Waals surface area (Å²) in [5, 5.41) is 2.80. The van der Waals surface area contributed by atoms with Crippen LogP contribution in [0.1, 0.15) is 15.9 Å². The van der Waals surface area contributed by atoms with Gasteiger partial charge in [-0.25, -0.2) is 8.42 Å². The van der Waals surface area contributed by atoms with E-state index in [4.69, 9.17) is 14.2 Å². The third-order valence-electron chi connectivity index (χ3n) is 6.49. The van der Waals surface area contributed by atoms with Crippen molar-refractivity contribution in [3.8, 4) is 11.5 Å². The Hall–Kier alpha value is -3.93. The molecule has 1 fully saturated rings. The third-order valence-corrected chi connectivity index (χ3v) is 8.40. The number of hydrogen-bond acceptors (Lipinski definition) is 7. The Morgan fingerprint density at radius 2 is 1.72 bits per heavy atom. The number of nitrogens with one attached hydrogen (secondary N) is 1. The molecule has 2 aliphatic rings. The highest BCUT2D eigenvalue weighted by atomic mass is 32.2. The molecule has 2 aliphatic heterocycles. The maximum absolute atomic E-state index is 12.8. The van der Waals surface area contributed by atoms with Crippen LogP contribution in [0.2, 0.25) is 0 Å². The Kier molecular flexibility index (Phi) is 7.82. The molecule has 39 heavy (non-hydrogen) atoms. The van der Waals surface area contributed by atoms with Crippen LogP contribution in [0, 0.1) is 6.92 Å². The first kappa shape index (κ1) is 26.7. The fraction of sp³-hybridized carbons (Fsp3) is 0.286. The van der Waals surface area contributed by atoms with Crippen molar-refractivity contribution in [2.75, 3.05) is 56.3 Å². The minimum absolute atomic E-state index is 0.117. The first-order valence-electron chi connectivity index (χ1n) is 12.6. The number of nitrogens with zero attached hydrogens (tertiary/aromatic N) is 2. The summed E-state index contributed by atoms with van der Waals surface area (Å²) in [5.74, 6) is 0.612. The Bertz CT molecular complexity index is 1450. The molecule has 204 valence electrons. The number of sulfonamides is 1. The molecule has 0 aromatic heterocycles. The van der Waals surface area contributed by atoms with E-state index in [9.17, 15) is 18.0 Å². The van der Waals surface area contributed by atoms with E-state index in [1.54, 1.807) is 23.1 Å². The third kappa shape index (κ3) is 6.06. The number of carbonyl (C=O) groups is 2. The van der Waals surface area contributed by atoms with E-state index in [0.717, 1.165) is 11.3 Å². The van der Waals surface area contributed by atoms with Gasteiger partial charge < -0.3 is 24.4 Å². The van der Waals surface area contributed by atoms with Gasteiger partial charge in [0.15, 0.2) is 6.61 Å². The van der Waals surface area contributed by atoms with Crippen molar-refractivity contribution >= 4 is 33.2 Å². The largest absolute Gasteiger partial charge is 0.492 e. The van der Waals surface area contributed by atoms with Crippen molar-refractivity contribution < 1.29 is 32.2 Å². The number of anilines is 2. The molecule has 0 radical (unpaired) electrons. The molecule has 3 aromatic carbocycles.